The van der Waals surface area contributed by atoms with Crippen LogP contribution in [-0.2, 0) is 22.4 Å². The van der Waals surface area contributed by atoms with Crippen LogP contribution in [-0.4, -0.2) is 19.0 Å². The highest BCUT2D eigenvalue weighted by atomic mass is 32.1. The minimum Gasteiger partial charge on any atom is -0.465 e. The van der Waals surface area contributed by atoms with Gasteiger partial charge in [-0.1, -0.05) is 43.7 Å². The third-order valence-electron chi connectivity index (χ3n) is 4.80. The van der Waals surface area contributed by atoms with E-state index in [9.17, 15) is 9.59 Å². The Bertz CT molecular complexity index is 823. The van der Waals surface area contributed by atoms with Crippen LogP contribution in [0.3, 0.4) is 0 Å². The molecule has 0 bridgehead atoms. The number of benzene rings is 1. The van der Waals surface area contributed by atoms with Gasteiger partial charge in [0.05, 0.1) is 12.7 Å². The van der Waals surface area contributed by atoms with Crippen molar-refractivity contribution < 1.29 is 14.3 Å². The Morgan fingerprint density at radius 1 is 1.31 bits per heavy atom. The van der Waals surface area contributed by atoms with Crippen molar-refractivity contribution >= 4 is 34.3 Å². The molecular formula is C21H23NO3S. The van der Waals surface area contributed by atoms with Crippen LogP contribution in [0, 0.1) is 5.92 Å². The summed E-state index contributed by atoms with van der Waals surface area (Å²) in [6.07, 6.45) is 7.29. The maximum Gasteiger partial charge on any atom is 0.341 e. The van der Waals surface area contributed by atoms with E-state index >= 15 is 0 Å². The fourth-order valence-corrected chi connectivity index (χ4v) is 4.65. The molecule has 1 aliphatic carbocycles. The second kappa shape index (κ2) is 8.32. The van der Waals surface area contributed by atoms with Crippen molar-refractivity contribution in [1.29, 1.82) is 0 Å². The van der Waals surface area contributed by atoms with Crippen molar-refractivity contribution in [2.75, 3.05) is 12.4 Å². The number of hydrogen-bond acceptors (Lipinski definition) is 4. The molecule has 2 aromatic rings. The van der Waals surface area contributed by atoms with Gasteiger partial charge in [0.1, 0.15) is 5.00 Å². The fraction of sp³-hybridized carbons (Fsp3) is 0.333. The summed E-state index contributed by atoms with van der Waals surface area (Å²) in [5.74, 6) is 0.0256. The molecule has 26 heavy (non-hydrogen) atoms. The van der Waals surface area contributed by atoms with Gasteiger partial charge in [-0.25, -0.2) is 4.79 Å². The van der Waals surface area contributed by atoms with Crippen molar-refractivity contribution in [3.63, 3.8) is 0 Å². The molecule has 1 heterocycles. The lowest BCUT2D eigenvalue weighted by Gasteiger charge is -2.20. The molecular weight excluding hydrogens is 346 g/mol. The minimum absolute atomic E-state index is 0.246. The van der Waals surface area contributed by atoms with E-state index in [0.717, 1.165) is 36.8 Å². The molecule has 0 saturated heterocycles. The second-order valence-corrected chi connectivity index (χ2v) is 7.56. The molecule has 0 radical (unpaired) electrons. The number of fused-ring (bicyclic) bond motifs is 1. The van der Waals surface area contributed by atoms with Gasteiger partial charge >= 0.3 is 5.97 Å². The molecule has 1 aromatic heterocycles. The molecule has 136 valence electrons. The molecule has 0 aliphatic heterocycles. The van der Waals surface area contributed by atoms with E-state index in [1.165, 1.54) is 29.4 Å². The van der Waals surface area contributed by atoms with Gasteiger partial charge in [0.15, 0.2) is 0 Å². The summed E-state index contributed by atoms with van der Waals surface area (Å²) >= 11 is 1.51. The number of esters is 1. The lowest BCUT2D eigenvalue weighted by molar-refractivity contribution is -0.111. The van der Waals surface area contributed by atoms with E-state index in [1.54, 1.807) is 6.08 Å². The lowest BCUT2D eigenvalue weighted by atomic mass is 9.86. The molecule has 0 spiro atoms. The Hall–Kier alpha value is -2.40. The molecule has 1 aromatic carbocycles. The minimum atomic E-state index is -0.375. The molecule has 4 nitrogen and oxygen atoms in total. The van der Waals surface area contributed by atoms with Crippen LogP contribution in [0.4, 0.5) is 5.00 Å². The Balaban J connectivity index is 1.82. The van der Waals surface area contributed by atoms with E-state index < -0.39 is 0 Å². The number of carbonyl (C=O) groups excluding carboxylic acids is 2. The van der Waals surface area contributed by atoms with E-state index in [-0.39, 0.29) is 11.9 Å². The number of nitrogens with one attached hydrogen (secondary N) is 1. The largest absolute Gasteiger partial charge is 0.465 e. The van der Waals surface area contributed by atoms with Crippen LogP contribution in [0.5, 0.6) is 0 Å². The summed E-state index contributed by atoms with van der Waals surface area (Å²) in [7, 11) is 1.38. The average Bonchev–Trinajstić information content (AvgIpc) is 3.03. The van der Waals surface area contributed by atoms with Gasteiger partial charge in [-0.2, -0.15) is 0 Å². The zero-order valence-electron chi connectivity index (χ0n) is 15.1. The van der Waals surface area contributed by atoms with Crippen LogP contribution in [0.25, 0.3) is 6.08 Å². The Morgan fingerprint density at radius 3 is 2.77 bits per heavy atom. The molecule has 1 atom stereocenters. The maximum absolute atomic E-state index is 12.3. The van der Waals surface area contributed by atoms with Crippen molar-refractivity contribution in [3.05, 3.63) is 58.0 Å². The highest BCUT2D eigenvalue weighted by molar-refractivity contribution is 7.17. The first-order valence-corrected chi connectivity index (χ1v) is 9.71. The summed E-state index contributed by atoms with van der Waals surface area (Å²) in [5, 5.41) is 3.48. The summed E-state index contributed by atoms with van der Waals surface area (Å²) in [6.45, 7) is 2.20. The fourth-order valence-electron chi connectivity index (χ4n) is 3.30. The summed E-state index contributed by atoms with van der Waals surface area (Å²) in [5.41, 5.74) is 2.53. The van der Waals surface area contributed by atoms with Crippen LogP contribution in [0.15, 0.2) is 36.4 Å². The van der Waals surface area contributed by atoms with Gasteiger partial charge in [-0.15, -0.1) is 11.3 Å². The van der Waals surface area contributed by atoms with Crippen molar-refractivity contribution in [2.45, 2.75) is 32.6 Å². The quantitative estimate of drug-likeness (QED) is 0.614. The van der Waals surface area contributed by atoms with E-state index in [4.69, 9.17) is 4.74 Å². The molecule has 3 rings (SSSR count). The zero-order chi connectivity index (χ0) is 18.5. The molecule has 1 amide bonds. The first-order chi connectivity index (χ1) is 12.6. The molecule has 1 unspecified atom stereocenters. The first-order valence-electron chi connectivity index (χ1n) is 8.89. The Morgan fingerprint density at radius 2 is 2.08 bits per heavy atom. The predicted molar refractivity (Wildman–Crippen MR) is 106 cm³/mol. The number of thiophene rings is 1. The summed E-state index contributed by atoms with van der Waals surface area (Å²) in [6, 6.07) is 9.63. The third-order valence-corrected chi connectivity index (χ3v) is 5.97. The van der Waals surface area contributed by atoms with Gasteiger partial charge in [-0.3, -0.25) is 4.79 Å². The molecule has 5 heteroatoms. The van der Waals surface area contributed by atoms with Crippen LogP contribution >= 0.6 is 11.3 Å². The molecule has 1 N–H and O–H groups in total. The number of carbonyl (C=O) groups is 2. The maximum atomic E-state index is 12.3. The number of anilines is 1. The summed E-state index contributed by atoms with van der Waals surface area (Å²) < 4.78 is 4.96. The van der Waals surface area contributed by atoms with Crippen molar-refractivity contribution in [1.82, 2.24) is 0 Å². The van der Waals surface area contributed by atoms with Gasteiger partial charge in [0, 0.05) is 11.0 Å². The number of rotatable bonds is 5. The van der Waals surface area contributed by atoms with Crippen molar-refractivity contribution in [2.24, 2.45) is 5.92 Å². The van der Waals surface area contributed by atoms with Crippen LogP contribution in [0.1, 0.15) is 46.1 Å². The molecule has 0 saturated carbocycles. The third kappa shape index (κ3) is 4.05. The van der Waals surface area contributed by atoms with Gasteiger partial charge in [0.2, 0.25) is 5.91 Å². The number of amides is 1. The number of methoxy groups -OCH3 is 1. The van der Waals surface area contributed by atoms with Crippen LogP contribution < -0.4 is 5.32 Å². The monoisotopic (exact) mass is 369 g/mol. The molecule has 1 aliphatic rings. The van der Waals surface area contributed by atoms with Crippen LogP contribution in [0.2, 0.25) is 0 Å². The SMILES string of the molecule is CCC1CCc2c(sc(NC(=O)/C=C/c3ccccc3)c2C(=O)OC)C1. The summed E-state index contributed by atoms with van der Waals surface area (Å²) in [4.78, 5) is 25.8. The van der Waals surface area contributed by atoms with Gasteiger partial charge in [0.25, 0.3) is 0 Å². The highest BCUT2D eigenvalue weighted by Crippen LogP contribution is 2.40. The van der Waals surface area contributed by atoms with Gasteiger partial charge in [-0.05, 0) is 42.4 Å². The van der Waals surface area contributed by atoms with Gasteiger partial charge < -0.3 is 10.1 Å². The van der Waals surface area contributed by atoms with E-state index in [1.807, 2.05) is 30.3 Å². The first kappa shape index (κ1) is 18.4. The predicted octanol–water partition coefficient (Wildman–Crippen LogP) is 4.70. The second-order valence-electron chi connectivity index (χ2n) is 6.45. The standard InChI is InChI=1S/C21H23NO3S/c1-3-14-9-11-16-17(13-14)26-20(19(16)21(24)25-2)22-18(23)12-10-15-7-5-4-6-8-15/h4-8,10,12,14H,3,9,11,13H2,1-2H3,(H,22,23)/b12-10+. The topological polar surface area (TPSA) is 55.4 Å². The van der Waals surface area contributed by atoms with Crippen molar-refractivity contribution in [3.8, 4) is 0 Å². The lowest BCUT2D eigenvalue weighted by Crippen LogP contribution is -2.15. The number of hydrogen-bond donors (Lipinski definition) is 1. The highest BCUT2D eigenvalue weighted by Gasteiger charge is 2.29. The average molecular weight is 369 g/mol. The number of ether oxygens (including phenoxy) is 1. The molecule has 0 fully saturated rings. The Kier molecular flexibility index (Phi) is 5.89. The Labute approximate surface area is 157 Å². The van der Waals surface area contributed by atoms with E-state index in [2.05, 4.69) is 12.2 Å². The van der Waals surface area contributed by atoms with E-state index in [0.29, 0.717) is 16.5 Å². The normalized spacial score (nSPS) is 16.3. The smallest absolute Gasteiger partial charge is 0.341 e. The zero-order valence-corrected chi connectivity index (χ0v) is 15.9.